The van der Waals surface area contributed by atoms with Crippen LogP contribution in [0.15, 0.2) is 47.4 Å². The van der Waals surface area contributed by atoms with Crippen LogP contribution in [-0.4, -0.2) is 53.0 Å². The predicted octanol–water partition coefficient (Wildman–Crippen LogP) is 2.88. The molecule has 0 fully saturated rings. The van der Waals surface area contributed by atoms with Gasteiger partial charge in [0.25, 0.3) is 10.0 Å². The average molecular weight is 418 g/mol. The molecule has 0 aliphatic rings. The zero-order valence-electron chi connectivity index (χ0n) is 17.9. The molecule has 2 rings (SSSR count). The Morgan fingerprint density at radius 2 is 1.66 bits per heavy atom. The van der Waals surface area contributed by atoms with Crippen LogP contribution in [0.3, 0.4) is 0 Å². The van der Waals surface area contributed by atoms with E-state index in [1.54, 1.807) is 30.3 Å². The van der Waals surface area contributed by atoms with Crippen molar-refractivity contribution < 1.29 is 13.2 Å². The molecule has 0 saturated heterocycles. The van der Waals surface area contributed by atoms with Crippen molar-refractivity contribution in [2.45, 2.75) is 32.1 Å². The second-order valence-electron chi connectivity index (χ2n) is 7.55. The average Bonchev–Trinajstić information content (AvgIpc) is 2.66. The number of nitrogens with zero attached hydrogens (tertiary/aromatic N) is 2. The first-order valence-electron chi connectivity index (χ1n) is 9.70. The highest BCUT2D eigenvalue weighted by atomic mass is 32.2. The first-order valence-corrected chi connectivity index (χ1v) is 11.1. The molecule has 0 unspecified atom stereocenters. The van der Waals surface area contributed by atoms with Crippen molar-refractivity contribution in [2.75, 3.05) is 38.0 Å². The number of hydrogen-bond acceptors (Lipinski definition) is 4. The third kappa shape index (κ3) is 6.05. The highest BCUT2D eigenvalue weighted by Gasteiger charge is 2.28. The lowest BCUT2D eigenvalue weighted by molar-refractivity contribution is -0.119. The Kier molecular flexibility index (Phi) is 7.81. The summed E-state index contributed by atoms with van der Waals surface area (Å²) >= 11 is 0. The minimum absolute atomic E-state index is 0.171. The topological polar surface area (TPSA) is 69.7 Å². The van der Waals surface area contributed by atoms with Crippen LogP contribution >= 0.6 is 0 Å². The van der Waals surface area contributed by atoms with Gasteiger partial charge in [-0.2, -0.15) is 0 Å². The van der Waals surface area contributed by atoms with Crippen LogP contribution in [-0.2, 0) is 14.8 Å². The number of nitrogens with one attached hydrogen (secondary N) is 1. The Morgan fingerprint density at radius 1 is 1.00 bits per heavy atom. The third-order valence-electron chi connectivity index (χ3n) is 4.85. The highest BCUT2D eigenvalue weighted by molar-refractivity contribution is 7.92. The largest absolute Gasteiger partial charge is 0.354 e. The van der Waals surface area contributed by atoms with Crippen molar-refractivity contribution in [3.05, 3.63) is 59.2 Å². The molecule has 2 aromatic carbocycles. The van der Waals surface area contributed by atoms with Crippen molar-refractivity contribution in [1.29, 1.82) is 0 Å². The molecule has 158 valence electrons. The Morgan fingerprint density at radius 3 is 2.28 bits per heavy atom. The molecule has 0 spiro atoms. The van der Waals surface area contributed by atoms with E-state index in [4.69, 9.17) is 0 Å². The van der Waals surface area contributed by atoms with Gasteiger partial charge in [0.1, 0.15) is 6.54 Å². The molecule has 1 amide bonds. The summed E-state index contributed by atoms with van der Waals surface area (Å²) in [5.41, 5.74) is 3.30. The molecule has 7 heteroatoms. The van der Waals surface area contributed by atoms with Crippen molar-refractivity contribution >= 4 is 21.6 Å². The molecule has 2 aromatic rings. The van der Waals surface area contributed by atoms with Crippen LogP contribution in [0.2, 0.25) is 0 Å². The second-order valence-corrected chi connectivity index (χ2v) is 9.41. The maximum atomic E-state index is 13.4. The zero-order valence-corrected chi connectivity index (χ0v) is 18.7. The Hall–Kier alpha value is -2.38. The number of rotatable bonds is 9. The summed E-state index contributed by atoms with van der Waals surface area (Å²) < 4.78 is 28.0. The summed E-state index contributed by atoms with van der Waals surface area (Å²) in [7, 11) is 0.0559. The molecule has 6 nitrogen and oxygen atoms in total. The van der Waals surface area contributed by atoms with E-state index >= 15 is 0 Å². The summed E-state index contributed by atoms with van der Waals surface area (Å²) in [6.07, 6.45) is 0.799. The van der Waals surface area contributed by atoms with Crippen LogP contribution in [0.4, 0.5) is 5.69 Å². The van der Waals surface area contributed by atoms with Gasteiger partial charge in [-0.3, -0.25) is 9.10 Å². The number of carbonyl (C=O) groups excluding carboxylic acids is 1. The van der Waals surface area contributed by atoms with Gasteiger partial charge < -0.3 is 10.2 Å². The standard InChI is InChI=1S/C22H31N3O3S/c1-17-10-12-20(13-11-17)29(27,28)25(21-9-6-8-18(2)19(21)3)16-22(26)23-14-7-15-24(4)5/h6,8-13H,7,14-16H2,1-5H3,(H,23,26). The molecular weight excluding hydrogens is 386 g/mol. The Bertz CT molecular complexity index is 938. The molecule has 0 aromatic heterocycles. The molecule has 0 saturated carbocycles. The monoisotopic (exact) mass is 417 g/mol. The van der Waals surface area contributed by atoms with E-state index in [9.17, 15) is 13.2 Å². The van der Waals surface area contributed by atoms with Gasteiger partial charge in [0.15, 0.2) is 0 Å². The quantitative estimate of drug-likeness (QED) is 0.637. The summed E-state index contributed by atoms with van der Waals surface area (Å²) in [6.45, 7) is 6.79. The van der Waals surface area contributed by atoms with Gasteiger partial charge in [-0.05, 0) is 77.2 Å². The van der Waals surface area contributed by atoms with Crippen molar-refractivity contribution in [2.24, 2.45) is 0 Å². The minimum atomic E-state index is -3.88. The van der Waals surface area contributed by atoms with E-state index < -0.39 is 10.0 Å². The van der Waals surface area contributed by atoms with Gasteiger partial charge in [-0.25, -0.2) is 8.42 Å². The number of amides is 1. The number of anilines is 1. The van der Waals surface area contributed by atoms with Crippen LogP contribution in [0.1, 0.15) is 23.1 Å². The molecule has 29 heavy (non-hydrogen) atoms. The maximum Gasteiger partial charge on any atom is 0.264 e. The lowest BCUT2D eigenvalue weighted by atomic mass is 10.1. The van der Waals surface area contributed by atoms with Gasteiger partial charge in [0, 0.05) is 6.54 Å². The summed E-state index contributed by atoms with van der Waals surface area (Å²) in [5, 5.41) is 2.83. The number of benzene rings is 2. The van der Waals surface area contributed by atoms with E-state index in [0.29, 0.717) is 12.2 Å². The number of hydrogen-bond donors (Lipinski definition) is 1. The first kappa shape index (κ1) is 22.9. The highest BCUT2D eigenvalue weighted by Crippen LogP contribution is 2.28. The molecule has 0 bridgehead atoms. The van der Waals surface area contributed by atoms with Crippen LogP contribution < -0.4 is 9.62 Å². The van der Waals surface area contributed by atoms with E-state index in [1.807, 2.05) is 51.9 Å². The number of aryl methyl sites for hydroxylation is 2. The normalized spacial score (nSPS) is 11.5. The smallest absolute Gasteiger partial charge is 0.264 e. The lowest BCUT2D eigenvalue weighted by Gasteiger charge is -2.26. The number of carbonyl (C=O) groups is 1. The Labute approximate surface area is 174 Å². The Balaban J connectivity index is 2.33. The van der Waals surface area contributed by atoms with Crippen LogP contribution in [0.25, 0.3) is 0 Å². The summed E-state index contributed by atoms with van der Waals surface area (Å²) in [4.78, 5) is 14.8. The molecular formula is C22H31N3O3S. The molecule has 0 aliphatic carbocycles. The van der Waals surface area contributed by atoms with Crippen LogP contribution in [0.5, 0.6) is 0 Å². The zero-order chi connectivity index (χ0) is 21.6. The second kappa shape index (κ2) is 9.89. The third-order valence-corrected chi connectivity index (χ3v) is 6.62. The van der Waals surface area contributed by atoms with E-state index in [-0.39, 0.29) is 17.3 Å². The molecule has 0 atom stereocenters. The van der Waals surface area contributed by atoms with Gasteiger partial charge in [0.2, 0.25) is 5.91 Å². The van der Waals surface area contributed by atoms with Gasteiger partial charge in [0.05, 0.1) is 10.6 Å². The van der Waals surface area contributed by atoms with Crippen molar-refractivity contribution in [1.82, 2.24) is 10.2 Å². The lowest BCUT2D eigenvalue weighted by Crippen LogP contribution is -2.41. The van der Waals surface area contributed by atoms with Crippen molar-refractivity contribution in [3.63, 3.8) is 0 Å². The fraction of sp³-hybridized carbons (Fsp3) is 0.409. The fourth-order valence-electron chi connectivity index (χ4n) is 2.95. The van der Waals surface area contributed by atoms with Crippen molar-refractivity contribution in [3.8, 4) is 0 Å². The number of sulfonamides is 1. The van der Waals surface area contributed by atoms with E-state index in [1.165, 1.54) is 4.31 Å². The maximum absolute atomic E-state index is 13.4. The fourth-order valence-corrected chi connectivity index (χ4v) is 4.43. The summed E-state index contributed by atoms with van der Waals surface area (Å²) in [6, 6.07) is 12.2. The van der Waals surface area contributed by atoms with E-state index in [2.05, 4.69) is 5.32 Å². The van der Waals surface area contributed by atoms with E-state index in [0.717, 1.165) is 29.7 Å². The van der Waals surface area contributed by atoms with Gasteiger partial charge in [-0.15, -0.1) is 0 Å². The molecule has 0 radical (unpaired) electrons. The van der Waals surface area contributed by atoms with Crippen LogP contribution in [0, 0.1) is 20.8 Å². The van der Waals surface area contributed by atoms with Gasteiger partial charge in [-0.1, -0.05) is 29.8 Å². The predicted molar refractivity (Wildman–Crippen MR) is 118 cm³/mol. The molecule has 0 heterocycles. The van der Waals surface area contributed by atoms with Gasteiger partial charge >= 0.3 is 0 Å². The molecule has 1 N–H and O–H groups in total. The molecule has 0 aliphatic heterocycles. The minimum Gasteiger partial charge on any atom is -0.354 e. The SMILES string of the molecule is Cc1ccc(S(=O)(=O)N(CC(=O)NCCCN(C)C)c2cccc(C)c2C)cc1. The first-order chi connectivity index (χ1) is 13.6. The summed E-state index contributed by atoms with van der Waals surface area (Å²) in [5.74, 6) is -0.319.